The van der Waals surface area contributed by atoms with Gasteiger partial charge in [-0.1, -0.05) is 32.9 Å². The number of pyridine rings is 2. The number of amides is 1. The van der Waals surface area contributed by atoms with Crippen LogP contribution in [0.4, 0.5) is 0 Å². The zero-order valence-corrected chi connectivity index (χ0v) is 17.0. The molecule has 2 aliphatic carbocycles. The molecule has 3 aromatic rings. The molecule has 1 saturated carbocycles. The fraction of sp³-hybridized carbons (Fsp3) is 0.391. The highest BCUT2D eigenvalue weighted by molar-refractivity contribution is 5.94. The van der Waals surface area contributed by atoms with E-state index in [4.69, 9.17) is 5.10 Å². The van der Waals surface area contributed by atoms with Crippen LogP contribution in [0.2, 0.25) is 0 Å². The van der Waals surface area contributed by atoms with Gasteiger partial charge in [0.15, 0.2) is 11.5 Å². The summed E-state index contributed by atoms with van der Waals surface area (Å²) in [6, 6.07) is 11.4. The number of nitrogens with zero attached hydrogens (tertiary/aromatic N) is 4. The highest BCUT2D eigenvalue weighted by atomic mass is 16.2. The largest absolute Gasteiger partial charge is 0.342 e. The zero-order valence-electron chi connectivity index (χ0n) is 17.0. The third kappa shape index (κ3) is 3.12. The minimum atomic E-state index is -0.206. The van der Waals surface area contributed by atoms with Crippen LogP contribution in [-0.4, -0.2) is 25.7 Å². The van der Waals surface area contributed by atoms with Crippen LogP contribution < -0.4 is 5.32 Å². The summed E-state index contributed by atoms with van der Waals surface area (Å²) in [7, 11) is 0. The summed E-state index contributed by atoms with van der Waals surface area (Å²) in [5.74, 6) is 1.80. The Morgan fingerprint density at radius 2 is 1.90 bits per heavy atom. The number of aromatic nitrogens is 4. The lowest BCUT2D eigenvalue weighted by Crippen LogP contribution is -2.37. The van der Waals surface area contributed by atoms with E-state index < -0.39 is 0 Å². The molecule has 0 spiro atoms. The van der Waals surface area contributed by atoms with E-state index in [1.807, 2.05) is 41.1 Å². The fourth-order valence-electron chi connectivity index (χ4n) is 4.43. The lowest BCUT2D eigenvalue weighted by Gasteiger charge is -2.30. The van der Waals surface area contributed by atoms with Gasteiger partial charge < -0.3 is 5.32 Å². The van der Waals surface area contributed by atoms with Gasteiger partial charge >= 0.3 is 0 Å². The summed E-state index contributed by atoms with van der Waals surface area (Å²) in [6.45, 7) is 6.33. The molecule has 6 heteroatoms. The molecule has 148 valence electrons. The molecule has 5 rings (SSSR count). The molecule has 29 heavy (non-hydrogen) atoms. The first-order valence-electron chi connectivity index (χ1n) is 10.2. The molecule has 3 aromatic heterocycles. The van der Waals surface area contributed by atoms with Gasteiger partial charge in [0.05, 0.1) is 17.4 Å². The molecule has 0 aliphatic heterocycles. The van der Waals surface area contributed by atoms with Crippen molar-refractivity contribution in [3.05, 3.63) is 71.4 Å². The van der Waals surface area contributed by atoms with Crippen molar-refractivity contribution in [1.29, 1.82) is 0 Å². The van der Waals surface area contributed by atoms with Gasteiger partial charge in [-0.25, -0.2) is 9.67 Å². The van der Waals surface area contributed by atoms with Crippen LogP contribution in [0.15, 0.2) is 48.8 Å². The predicted molar refractivity (Wildman–Crippen MR) is 110 cm³/mol. The lowest BCUT2D eigenvalue weighted by atomic mass is 9.84. The first kappa shape index (κ1) is 18.0. The van der Waals surface area contributed by atoms with Crippen LogP contribution in [0.25, 0.3) is 5.82 Å². The Bertz CT molecular complexity index is 1050. The smallest absolute Gasteiger partial charge is 0.272 e. The number of carbonyl (C=O) groups excluding carboxylic acids is 1. The Morgan fingerprint density at radius 3 is 2.55 bits per heavy atom. The number of carbonyl (C=O) groups is 1. The molecule has 0 bridgehead atoms. The van der Waals surface area contributed by atoms with Crippen LogP contribution in [0.3, 0.4) is 0 Å². The van der Waals surface area contributed by atoms with Crippen molar-refractivity contribution in [2.75, 3.05) is 0 Å². The van der Waals surface area contributed by atoms with E-state index in [-0.39, 0.29) is 17.4 Å². The molecule has 0 saturated heterocycles. The summed E-state index contributed by atoms with van der Waals surface area (Å²) in [5, 5.41) is 7.95. The van der Waals surface area contributed by atoms with Gasteiger partial charge in [0.1, 0.15) is 0 Å². The molecule has 6 nitrogen and oxygen atoms in total. The average molecular weight is 387 g/mol. The van der Waals surface area contributed by atoms with Crippen molar-refractivity contribution in [1.82, 2.24) is 25.1 Å². The molecular weight excluding hydrogens is 362 g/mol. The maximum absolute atomic E-state index is 13.4. The van der Waals surface area contributed by atoms with Gasteiger partial charge in [-0.05, 0) is 48.4 Å². The summed E-state index contributed by atoms with van der Waals surface area (Å²) in [6.07, 6.45) is 5.64. The first-order chi connectivity index (χ1) is 13.9. The quantitative estimate of drug-likeness (QED) is 0.738. The maximum atomic E-state index is 13.4. The highest BCUT2D eigenvalue weighted by Crippen LogP contribution is 2.57. The van der Waals surface area contributed by atoms with Crippen molar-refractivity contribution < 1.29 is 4.79 Å². The van der Waals surface area contributed by atoms with E-state index in [0.29, 0.717) is 17.5 Å². The number of nitrogens with one attached hydrogen (secondary N) is 1. The monoisotopic (exact) mass is 387 g/mol. The van der Waals surface area contributed by atoms with Gasteiger partial charge in [0, 0.05) is 23.9 Å². The van der Waals surface area contributed by atoms with Crippen molar-refractivity contribution in [2.24, 2.45) is 11.3 Å². The number of fused-ring (bicyclic) bond motifs is 3. The first-order valence-corrected chi connectivity index (χ1v) is 10.2. The fourth-order valence-corrected chi connectivity index (χ4v) is 4.43. The van der Waals surface area contributed by atoms with Crippen molar-refractivity contribution in [3.63, 3.8) is 0 Å². The number of hydrogen-bond donors (Lipinski definition) is 1. The third-order valence-electron chi connectivity index (χ3n) is 5.97. The van der Waals surface area contributed by atoms with Gasteiger partial charge in [0.25, 0.3) is 5.91 Å². The molecule has 0 aromatic carbocycles. The van der Waals surface area contributed by atoms with Crippen LogP contribution in [0, 0.1) is 11.3 Å². The Labute approximate surface area is 170 Å². The van der Waals surface area contributed by atoms with Gasteiger partial charge in [-0.3, -0.25) is 9.78 Å². The van der Waals surface area contributed by atoms with E-state index in [1.165, 1.54) is 12.1 Å². The minimum absolute atomic E-state index is 0.136. The predicted octanol–water partition coefficient (Wildman–Crippen LogP) is 3.84. The molecule has 1 N–H and O–H groups in total. The standard InChI is InChI=1S/C23H25N5O/c1-23(2,3)21(17-8-4-6-10-24-17)26-22(29)19-16-13-14-12-15(14)20(16)28(27-19)18-9-5-7-11-25-18/h4-11,14-15,21H,12-13H2,1-3H3,(H,26,29)/t14-,15-,21-/m1/s1. The second-order valence-electron chi connectivity index (χ2n) is 9.15. The Kier molecular flexibility index (Phi) is 4.05. The summed E-state index contributed by atoms with van der Waals surface area (Å²) < 4.78 is 1.88. The summed E-state index contributed by atoms with van der Waals surface area (Å²) in [4.78, 5) is 22.3. The summed E-state index contributed by atoms with van der Waals surface area (Å²) in [5.41, 5.74) is 3.46. The Hall–Kier alpha value is -3.02. The Morgan fingerprint density at radius 1 is 1.14 bits per heavy atom. The number of rotatable bonds is 4. The molecule has 0 unspecified atom stereocenters. The van der Waals surface area contributed by atoms with Crippen LogP contribution in [-0.2, 0) is 6.42 Å². The molecule has 3 atom stereocenters. The minimum Gasteiger partial charge on any atom is -0.342 e. The van der Waals surface area contributed by atoms with Crippen LogP contribution >= 0.6 is 0 Å². The average Bonchev–Trinajstić information content (AvgIpc) is 3.21. The maximum Gasteiger partial charge on any atom is 0.272 e. The lowest BCUT2D eigenvalue weighted by molar-refractivity contribution is 0.0893. The second-order valence-corrected chi connectivity index (χ2v) is 9.15. The normalized spacial score (nSPS) is 20.7. The van der Waals surface area contributed by atoms with E-state index in [9.17, 15) is 4.79 Å². The van der Waals surface area contributed by atoms with E-state index in [2.05, 4.69) is 36.1 Å². The molecule has 1 amide bonds. The van der Waals surface area contributed by atoms with E-state index >= 15 is 0 Å². The topological polar surface area (TPSA) is 72.7 Å². The van der Waals surface area contributed by atoms with E-state index in [1.54, 1.807) is 12.4 Å². The van der Waals surface area contributed by atoms with E-state index in [0.717, 1.165) is 23.5 Å². The van der Waals surface area contributed by atoms with Crippen molar-refractivity contribution in [3.8, 4) is 5.82 Å². The van der Waals surface area contributed by atoms with Gasteiger partial charge in [-0.2, -0.15) is 5.10 Å². The third-order valence-corrected chi connectivity index (χ3v) is 5.97. The zero-order chi connectivity index (χ0) is 20.2. The number of hydrogen-bond acceptors (Lipinski definition) is 4. The Balaban J connectivity index is 1.51. The SMILES string of the molecule is CC(C)(C)[C@H](NC(=O)c1nn(-c2ccccn2)c2c1C[C@H]1C[C@@H]21)c1ccccn1. The molecule has 3 heterocycles. The molecule has 2 aliphatic rings. The van der Waals surface area contributed by atoms with Crippen LogP contribution in [0.1, 0.15) is 66.6 Å². The summed E-state index contributed by atoms with van der Waals surface area (Å²) >= 11 is 0. The van der Waals surface area contributed by atoms with Crippen molar-refractivity contribution in [2.45, 2.75) is 45.6 Å². The van der Waals surface area contributed by atoms with Crippen molar-refractivity contribution >= 4 is 5.91 Å². The molecular formula is C23H25N5O. The van der Waals surface area contributed by atoms with Gasteiger partial charge in [-0.15, -0.1) is 0 Å². The highest BCUT2D eigenvalue weighted by Gasteiger charge is 2.50. The van der Waals surface area contributed by atoms with Gasteiger partial charge in [0.2, 0.25) is 0 Å². The van der Waals surface area contributed by atoms with Crippen LogP contribution in [0.5, 0.6) is 0 Å². The second kappa shape index (κ2) is 6.51. The molecule has 1 fully saturated rings. The molecule has 0 radical (unpaired) electrons.